The number of aryl methyl sites for hydroxylation is 2. The average Bonchev–Trinajstić information content (AvgIpc) is 3.22. The molecule has 1 N–H and O–H groups in total. The summed E-state index contributed by atoms with van der Waals surface area (Å²) in [6.45, 7) is 9.64. The lowest BCUT2D eigenvalue weighted by atomic mass is 10.1. The van der Waals surface area contributed by atoms with E-state index in [0.29, 0.717) is 17.9 Å². The van der Waals surface area contributed by atoms with Crippen molar-refractivity contribution in [3.63, 3.8) is 0 Å². The molecule has 0 saturated carbocycles. The molecule has 0 aliphatic carbocycles. The van der Waals surface area contributed by atoms with Crippen LogP contribution in [0.1, 0.15) is 21.5 Å². The predicted octanol–water partition coefficient (Wildman–Crippen LogP) is 3.47. The molecule has 1 aromatic heterocycles. The van der Waals surface area contributed by atoms with Crippen molar-refractivity contribution >= 4 is 32.6 Å². The first kappa shape index (κ1) is 20.6. The third-order valence-electron chi connectivity index (χ3n) is 5.76. The van der Waals surface area contributed by atoms with Crippen LogP contribution in [0.15, 0.2) is 36.4 Å². The lowest BCUT2D eigenvalue weighted by Gasteiger charge is -2.34. The highest BCUT2D eigenvalue weighted by Gasteiger charge is 2.20. The van der Waals surface area contributed by atoms with Gasteiger partial charge in [-0.05, 0) is 49.2 Å². The molecule has 7 heteroatoms. The Bertz CT molecular complexity index is 1040. The molecule has 2 heterocycles. The van der Waals surface area contributed by atoms with E-state index >= 15 is 0 Å². The fraction of sp³-hybridized carbons (Fsp3) is 0.391. The number of ether oxygens (including phenoxy) is 1. The largest absolute Gasteiger partial charge is 0.497 e. The SMILES string of the molecule is COc1cccc(C(=O)NCCN2CCN(c3nc4c(C)c(C)ccc4s3)CC2)c1. The molecule has 4 rings (SSSR count). The number of benzene rings is 2. The summed E-state index contributed by atoms with van der Waals surface area (Å²) in [5.41, 5.74) is 4.33. The van der Waals surface area contributed by atoms with Crippen LogP contribution in [0, 0.1) is 13.8 Å². The van der Waals surface area contributed by atoms with Crippen molar-refractivity contribution < 1.29 is 9.53 Å². The zero-order valence-corrected chi connectivity index (χ0v) is 18.6. The van der Waals surface area contributed by atoms with E-state index in [0.717, 1.165) is 43.4 Å². The number of nitrogens with zero attached hydrogens (tertiary/aromatic N) is 3. The molecule has 1 amide bonds. The van der Waals surface area contributed by atoms with Crippen molar-refractivity contribution in [3.05, 3.63) is 53.1 Å². The van der Waals surface area contributed by atoms with Crippen molar-refractivity contribution in [2.45, 2.75) is 13.8 Å². The van der Waals surface area contributed by atoms with Crippen LogP contribution in [0.3, 0.4) is 0 Å². The Labute approximate surface area is 181 Å². The highest BCUT2D eigenvalue weighted by Crippen LogP contribution is 2.32. The lowest BCUT2D eigenvalue weighted by Crippen LogP contribution is -2.48. The van der Waals surface area contributed by atoms with Crippen LogP contribution in [-0.2, 0) is 0 Å². The minimum absolute atomic E-state index is 0.0623. The van der Waals surface area contributed by atoms with Gasteiger partial charge in [0.25, 0.3) is 5.91 Å². The maximum atomic E-state index is 12.3. The van der Waals surface area contributed by atoms with Gasteiger partial charge < -0.3 is 15.0 Å². The Hall–Kier alpha value is -2.64. The smallest absolute Gasteiger partial charge is 0.251 e. The van der Waals surface area contributed by atoms with Gasteiger partial charge in [-0.2, -0.15) is 0 Å². The highest BCUT2D eigenvalue weighted by molar-refractivity contribution is 7.22. The number of aromatic nitrogens is 1. The molecule has 30 heavy (non-hydrogen) atoms. The van der Waals surface area contributed by atoms with E-state index in [-0.39, 0.29) is 5.91 Å². The number of rotatable bonds is 6. The van der Waals surface area contributed by atoms with Crippen LogP contribution >= 0.6 is 11.3 Å². The van der Waals surface area contributed by atoms with Crippen molar-refractivity contribution in [3.8, 4) is 5.75 Å². The summed E-state index contributed by atoms with van der Waals surface area (Å²) < 4.78 is 6.45. The normalized spacial score (nSPS) is 14.8. The third kappa shape index (κ3) is 4.42. The van der Waals surface area contributed by atoms with Crippen LogP contribution in [0.4, 0.5) is 5.13 Å². The summed E-state index contributed by atoms with van der Waals surface area (Å²) in [5, 5.41) is 4.13. The first-order valence-electron chi connectivity index (χ1n) is 10.3. The number of thiazole rings is 1. The maximum Gasteiger partial charge on any atom is 0.251 e. The Morgan fingerprint density at radius 1 is 1.17 bits per heavy atom. The van der Waals surface area contributed by atoms with Gasteiger partial charge >= 0.3 is 0 Å². The van der Waals surface area contributed by atoms with Gasteiger partial charge in [-0.15, -0.1) is 0 Å². The first-order chi connectivity index (χ1) is 14.5. The second kappa shape index (κ2) is 9.02. The molecule has 0 atom stereocenters. The number of amides is 1. The Kier molecular flexibility index (Phi) is 6.20. The number of piperazine rings is 1. The van der Waals surface area contributed by atoms with E-state index in [9.17, 15) is 4.79 Å². The zero-order chi connectivity index (χ0) is 21.1. The predicted molar refractivity (Wildman–Crippen MR) is 123 cm³/mol. The molecule has 0 radical (unpaired) electrons. The number of nitrogens with one attached hydrogen (secondary N) is 1. The van der Waals surface area contributed by atoms with Crippen molar-refractivity contribution in [2.24, 2.45) is 0 Å². The van der Waals surface area contributed by atoms with Gasteiger partial charge in [-0.3, -0.25) is 9.69 Å². The van der Waals surface area contributed by atoms with Gasteiger partial charge in [0.1, 0.15) is 5.75 Å². The van der Waals surface area contributed by atoms with E-state index in [2.05, 4.69) is 41.1 Å². The van der Waals surface area contributed by atoms with Gasteiger partial charge in [0, 0.05) is 44.8 Å². The van der Waals surface area contributed by atoms with Gasteiger partial charge in [-0.1, -0.05) is 23.5 Å². The number of hydrogen-bond donors (Lipinski definition) is 1. The van der Waals surface area contributed by atoms with Gasteiger partial charge in [0.15, 0.2) is 5.13 Å². The number of carbonyl (C=O) groups excluding carboxylic acids is 1. The molecular weight excluding hydrogens is 396 g/mol. The van der Waals surface area contributed by atoms with E-state index in [4.69, 9.17) is 9.72 Å². The molecule has 0 bridgehead atoms. The Morgan fingerprint density at radius 2 is 1.97 bits per heavy atom. The minimum Gasteiger partial charge on any atom is -0.497 e. The third-order valence-corrected chi connectivity index (χ3v) is 6.84. The standard InChI is InChI=1S/C23H28N4O2S/c1-16-7-8-20-21(17(16)2)25-23(30-20)27-13-11-26(12-14-27)10-9-24-22(28)18-5-4-6-19(15-18)29-3/h4-8,15H,9-14H2,1-3H3,(H,24,28). The van der Waals surface area contributed by atoms with Gasteiger partial charge in [-0.25, -0.2) is 4.98 Å². The number of hydrogen-bond acceptors (Lipinski definition) is 6. The molecule has 0 unspecified atom stereocenters. The van der Waals surface area contributed by atoms with E-state index in [1.54, 1.807) is 30.6 Å². The zero-order valence-electron chi connectivity index (χ0n) is 17.8. The Morgan fingerprint density at radius 3 is 2.73 bits per heavy atom. The topological polar surface area (TPSA) is 57.7 Å². The number of carbonyl (C=O) groups is 1. The number of methoxy groups -OCH3 is 1. The van der Waals surface area contributed by atoms with Crippen molar-refractivity contribution in [2.75, 3.05) is 51.3 Å². The molecule has 1 fully saturated rings. The van der Waals surface area contributed by atoms with E-state index in [1.165, 1.54) is 15.8 Å². The van der Waals surface area contributed by atoms with Crippen molar-refractivity contribution in [1.82, 2.24) is 15.2 Å². The molecule has 158 valence electrons. The van der Waals surface area contributed by atoms with E-state index in [1.807, 2.05) is 12.1 Å². The van der Waals surface area contributed by atoms with E-state index < -0.39 is 0 Å². The van der Waals surface area contributed by atoms with Crippen LogP contribution in [0.5, 0.6) is 5.75 Å². The summed E-state index contributed by atoms with van der Waals surface area (Å²) in [5.74, 6) is 0.631. The van der Waals surface area contributed by atoms with Gasteiger partial charge in [0.2, 0.25) is 0 Å². The summed E-state index contributed by atoms with van der Waals surface area (Å²) in [7, 11) is 1.60. The fourth-order valence-corrected chi connectivity index (χ4v) is 4.78. The summed E-state index contributed by atoms with van der Waals surface area (Å²) >= 11 is 1.78. The molecular formula is C23H28N4O2S. The molecule has 1 aliphatic heterocycles. The molecule has 2 aromatic carbocycles. The highest BCUT2D eigenvalue weighted by atomic mass is 32.1. The summed E-state index contributed by atoms with van der Waals surface area (Å²) in [6, 6.07) is 11.6. The molecule has 6 nitrogen and oxygen atoms in total. The second-order valence-corrected chi connectivity index (χ2v) is 8.68. The molecule has 1 saturated heterocycles. The van der Waals surface area contributed by atoms with Crippen LogP contribution < -0.4 is 15.0 Å². The van der Waals surface area contributed by atoms with Crippen LogP contribution in [0.2, 0.25) is 0 Å². The summed E-state index contributed by atoms with van der Waals surface area (Å²) in [4.78, 5) is 22.0. The lowest BCUT2D eigenvalue weighted by molar-refractivity contribution is 0.0947. The number of fused-ring (bicyclic) bond motifs is 1. The molecule has 3 aromatic rings. The number of anilines is 1. The quantitative estimate of drug-likeness (QED) is 0.657. The monoisotopic (exact) mass is 424 g/mol. The van der Waals surface area contributed by atoms with Crippen LogP contribution in [-0.4, -0.2) is 62.2 Å². The first-order valence-corrected chi connectivity index (χ1v) is 11.1. The Balaban J connectivity index is 1.27. The second-order valence-electron chi connectivity index (χ2n) is 7.67. The average molecular weight is 425 g/mol. The van der Waals surface area contributed by atoms with Crippen LogP contribution in [0.25, 0.3) is 10.2 Å². The minimum atomic E-state index is -0.0623. The van der Waals surface area contributed by atoms with Crippen molar-refractivity contribution in [1.29, 1.82) is 0 Å². The fourth-order valence-electron chi connectivity index (χ4n) is 3.71. The summed E-state index contributed by atoms with van der Waals surface area (Å²) in [6.07, 6.45) is 0. The maximum absolute atomic E-state index is 12.3. The van der Waals surface area contributed by atoms with Gasteiger partial charge in [0.05, 0.1) is 17.3 Å². The molecule has 0 spiro atoms. The molecule has 1 aliphatic rings.